The number of aliphatic hydroxyl groups excluding tert-OH is 1. The smallest absolute Gasteiger partial charge is 0.222 e. The number of aromatic nitrogens is 1. The summed E-state index contributed by atoms with van der Waals surface area (Å²) in [6.45, 7) is 16.5. The molecule has 0 saturated heterocycles. The molecule has 0 fully saturated rings. The largest absolute Gasteiger partial charge is 0.392 e. The summed E-state index contributed by atoms with van der Waals surface area (Å²) < 4.78 is 0. The highest BCUT2D eigenvalue weighted by molar-refractivity contribution is 7.09. The van der Waals surface area contributed by atoms with Crippen LogP contribution < -0.4 is 5.32 Å². The molecule has 5 nitrogen and oxygen atoms in total. The van der Waals surface area contributed by atoms with Gasteiger partial charge in [0.15, 0.2) is 0 Å². The second kappa shape index (κ2) is 14.6. The van der Waals surface area contributed by atoms with Gasteiger partial charge in [-0.25, -0.2) is 4.98 Å². The lowest BCUT2D eigenvalue weighted by molar-refractivity contribution is -0.139. The number of Topliss-reactive ketones (excluding diaryl/α,β-unsaturated/α-hetero) is 1. The molecule has 0 aromatic carbocycles. The van der Waals surface area contributed by atoms with Crippen LogP contribution in [0.4, 0.5) is 0 Å². The van der Waals surface area contributed by atoms with Gasteiger partial charge >= 0.3 is 0 Å². The van der Waals surface area contributed by atoms with E-state index in [1.165, 1.54) is 5.57 Å². The van der Waals surface area contributed by atoms with E-state index in [0.717, 1.165) is 36.4 Å². The van der Waals surface area contributed by atoms with Crippen molar-refractivity contribution in [3.05, 3.63) is 33.8 Å². The first-order valence-electron chi connectivity index (χ1n) is 12.6. The summed E-state index contributed by atoms with van der Waals surface area (Å²) >= 11 is 1.68. The highest BCUT2D eigenvalue weighted by Gasteiger charge is 2.39. The fourth-order valence-electron chi connectivity index (χ4n) is 4.39. The predicted octanol–water partition coefficient (Wildman–Crippen LogP) is 6.36. The van der Waals surface area contributed by atoms with Gasteiger partial charge in [0.1, 0.15) is 5.78 Å². The monoisotopic (exact) mass is 490 g/mol. The minimum Gasteiger partial charge on any atom is -0.392 e. The minimum atomic E-state index is -0.960. The first-order chi connectivity index (χ1) is 15.9. The highest BCUT2D eigenvalue weighted by Crippen LogP contribution is 2.31. The van der Waals surface area contributed by atoms with E-state index in [2.05, 4.69) is 42.5 Å². The molecule has 192 valence electrons. The third-order valence-electron chi connectivity index (χ3n) is 6.48. The number of carbonyl (C=O) groups is 2. The van der Waals surface area contributed by atoms with Crippen LogP contribution >= 0.6 is 11.3 Å². The van der Waals surface area contributed by atoms with Crippen molar-refractivity contribution >= 4 is 29.1 Å². The van der Waals surface area contributed by atoms with Gasteiger partial charge in [0, 0.05) is 17.8 Å². The van der Waals surface area contributed by atoms with Crippen LogP contribution in [0.25, 0.3) is 6.08 Å². The normalized spacial score (nSPS) is 29.0. The summed E-state index contributed by atoms with van der Waals surface area (Å²) in [6, 6.07) is 0. The summed E-state index contributed by atoms with van der Waals surface area (Å²) in [5.74, 6) is 0.497. The topological polar surface area (TPSA) is 79.3 Å². The van der Waals surface area contributed by atoms with Gasteiger partial charge < -0.3 is 10.4 Å². The number of amides is 1. The Kier molecular flexibility index (Phi) is 13.0. The van der Waals surface area contributed by atoms with Crippen molar-refractivity contribution in [1.29, 1.82) is 0 Å². The molecule has 0 bridgehead atoms. The van der Waals surface area contributed by atoms with Gasteiger partial charge in [-0.05, 0) is 57.9 Å². The number of nitrogens with one attached hydrogen (secondary N) is 1. The first-order valence-corrected chi connectivity index (χ1v) is 13.5. The molecule has 2 N–H and O–H groups in total. The standard InChI is InChI=1S/C21H37NO3.C7H9NS/c1-14-8-7-9-15(2)11-17(4)20(25)21(5,6)18(23)12-19(24)22-13-16(3)10-14;1-3-4-7-5-9-6(2)8-7/h10,15-18,23H,7-9,11-13H2,1-6H3,(H,22,24);3-5H,1-2H3/b14-10-;4-3-/t15?,16-,17?,18?;/m0./s1. The number of allylic oxidation sites excluding steroid dienone is 2. The van der Waals surface area contributed by atoms with E-state index >= 15 is 0 Å². The minimum absolute atomic E-state index is 0.0313. The van der Waals surface area contributed by atoms with Crippen LogP contribution in [0.15, 0.2) is 23.1 Å². The van der Waals surface area contributed by atoms with Crippen molar-refractivity contribution in [3.8, 4) is 0 Å². The van der Waals surface area contributed by atoms with E-state index in [9.17, 15) is 14.7 Å². The van der Waals surface area contributed by atoms with Crippen LogP contribution in [-0.2, 0) is 9.59 Å². The maximum atomic E-state index is 12.8. The molecule has 1 amide bonds. The lowest BCUT2D eigenvalue weighted by Gasteiger charge is -2.32. The molecular formula is C28H46N2O3S. The van der Waals surface area contributed by atoms with Crippen LogP contribution in [-0.4, -0.2) is 34.4 Å². The Hall–Kier alpha value is -1.79. The van der Waals surface area contributed by atoms with E-state index in [1.54, 1.807) is 25.2 Å². The lowest BCUT2D eigenvalue weighted by atomic mass is 9.74. The van der Waals surface area contributed by atoms with Gasteiger partial charge in [-0.2, -0.15) is 0 Å². The van der Waals surface area contributed by atoms with Crippen molar-refractivity contribution in [3.63, 3.8) is 0 Å². The number of aryl methyl sites for hydroxylation is 1. The molecule has 1 aliphatic heterocycles. The molecular weight excluding hydrogens is 444 g/mol. The van der Waals surface area contributed by atoms with Gasteiger partial charge in [-0.3, -0.25) is 9.59 Å². The Morgan fingerprint density at radius 2 is 1.88 bits per heavy atom. The second-order valence-electron chi connectivity index (χ2n) is 10.5. The summed E-state index contributed by atoms with van der Waals surface area (Å²) in [6.07, 6.45) is 9.36. The third kappa shape index (κ3) is 10.6. The van der Waals surface area contributed by atoms with Crippen molar-refractivity contribution in [1.82, 2.24) is 10.3 Å². The van der Waals surface area contributed by atoms with Crippen LogP contribution in [0.3, 0.4) is 0 Å². The Morgan fingerprint density at radius 1 is 1.21 bits per heavy atom. The Labute approximate surface area is 211 Å². The van der Waals surface area contributed by atoms with Crippen molar-refractivity contribution in [2.75, 3.05) is 6.54 Å². The Balaban J connectivity index is 0.000000533. The number of carbonyl (C=O) groups excluding carboxylic acids is 2. The Bertz CT molecular complexity index is 840. The van der Waals surface area contributed by atoms with Gasteiger partial charge in [-0.1, -0.05) is 58.8 Å². The maximum absolute atomic E-state index is 12.8. The molecule has 1 aliphatic rings. The van der Waals surface area contributed by atoms with E-state index in [4.69, 9.17) is 0 Å². The number of rotatable bonds is 1. The first kappa shape index (κ1) is 30.2. The number of nitrogens with zero attached hydrogens (tertiary/aromatic N) is 1. The zero-order valence-electron chi connectivity index (χ0n) is 22.5. The number of thiazole rings is 1. The van der Waals surface area contributed by atoms with Gasteiger partial charge in [-0.15, -0.1) is 11.3 Å². The van der Waals surface area contributed by atoms with Crippen LogP contribution in [0.5, 0.6) is 0 Å². The zero-order valence-corrected chi connectivity index (χ0v) is 23.3. The summed E-state index contributed by atoms with van der Waals surface area (Å²) in [5.41, 5.74) is 1.52. The number of hydrogen-bond acceptors (Lipinski definition) is 5. The zero-order chi connectivity index (χ0) is 25.9. The molecule has 2 heterocycles. The number of ketones is 1. The molecule has 3 unspecified atom stereocenters. The number of aliphatic hydroxyl groups is 1. The molecule has 34 heavy (non-hydrogen) atoms. The van der Waals surface area contributed by atoms with Crippen LogP contribution in [0, 0.1) is 30.1 Å². The van der Waals surface area contributed by atoms with Gasteiger partial charge in [0.2, 0.25) is 5.91 Å². The predicted molar refractivity (Wildman–Crippen MR) is 144 cm³/mol. The quantitative estimate of drug-likeness (QED) is 0.449. The second-order valence-corrected chi connectivity index (χ2v) is 11.6. The third-order valence-corrected chi connectivity index (χ3v) is 7.27. The molecule has 2 rings (SSSR count). The van der Waals surface area contributed by atoms with Gasteiger partial charge in [0.25, 0.3) is 0 Å². The SMILES string of the molecule is C/C1=C/[C@H](C)CNC(=O)CC(O)C(C)(C)C(=O)C(C)CC(C)CCC1.C/C=C\c1csc(C)n1. The van der Waals surface area contributed by atoms with Crippen molar-refractivity contribution < 1.29 is 14.7 Å². The van der Waals surface area contributed by atoms with Crippen molar-refractivity contribution in [2.24, 2.45) is 23.2 Å². The molecule has 0 aliphatic carbocycles. The fraction of sp³-hybridized carbons (Fsp3) is 0.679. The van der Waals surface area contributed by atoms with E-state index in [0.29, 0.717) is 12.5 Å². The summed E-state index contributed by atoms with van der Waals surface area (Å²) in [5, 5.41) is 16.5. The molecule has 0 radical (unpaired) electrons. The molecule has 1 aromatic rings. The maximum Gasteiger partial charge on any atom is 0.222 e. The molecule has 4 atom stereocenters. The molecule has 6 heteroatoms. The summed E-state index contributed by atoms with van der Waals surface area (Å²) in [4.78, 5) is 29.2. The highest BCUT2D eigenvalue weighted by atomic mass is 32.1. The van der Waals surface area contributed by atoms with E-state index in [1.807, 2.05) is 32.9 Å². The molecule has 1 aromatic heterocycles. The van der Waals surface area contributed by atoms with E-state index in [-0.39, 0.29) is 29.9 Å². The van der Waals surface area contributed by atoms with Gasteiger partial charge in [0.05, 0.1) is 28.6 Å². The average molecular weight is 491 g/mol. The molecule has 0 spiro atoms. The molecule has 0 saturated carbocycles. The average Bonchev–Trinajstić information content (AvgIpc) is 3.16. The fourth-order valence-corrected chi connectivity index (χ4v) is 4.97. The summed E-state index contributed by atoms with van der Waals surface area (Å²) in [7, 11) is 0. The number of hydrogen-bond donors (Lipinski definition) is 2. The van der Waals surface area contributed by atoms with Crippen LogP contribution in [0.1, 0.15) is 91.3 Å². The van der Waals surface area contributed by atoms with Crippen molar-refractivity contribution in [2.45, 2.75) is 93.6 Å². The van der Waals surface area contributed by atoms with Crippen LogP contribution in [0.2, 0.25) is 0 Å². The van der Waals surface area contributed by atoms with E-state index < -0.39 is 11.5 Å². The Morgan fingerprint density at radius 3 is 2.47 bits per heavy atom. The lowest BCUT2D eigenvalue weighted by Crippen LogP contribution is -2.43.